The molecule has 0 radical (unpaired) electrons. The van der Waals surface area contributed by atoms with E-state index in [0.717, 1.165) is 10.0 Å². The predicted molar refractivity (Wildman–Crippen MR) is 77.9 cm³/mol. The smallest absolute Gasteiger partial charge is 0.264 e. The maximum absolute atomic E-state index is 12.7. The van der Waals surface area contributed by atoms with Crippen LogP contribution >= 0.6 is 15.9 Å². The van der Waals surface area contributed by atoms with E-state index < -0.39 is 6.43 Å². The number of oxime groups is 1. The minimum absolute atomic E-state index is 0.0214. The van der Waals surface area contributed by atoms with E-state index in [9.17, 15) is 8.78 Å². The molecule has 20 heavy (non-hydrogen) atoms. The molecule has 0 unspecified atom stereocenters. The molecule has 0 aliphatic heterocycles. The zero-order valence-electron chi connectivity index (χ0n) is 10.5. The first-order chi connectivity index (χ1) is 9.66. The predicted octanol–water partition coefficient (Wildman–Crippen LogP) is 4.94. The standard InChI is InChI=1S/C15H12BrF2NO/c16-13-7-5-11(6-8-13)9-19-20-10-12-3-1-2-4-14(12)15(17)18/h1-9,15H,10H2. The van der Waals surface area contributed by atoms with Crippen LogP contribution < -0.4 is 0 Å². The molecule has 2 aromatic rings. The van der Waals surface area contributed by atoms with Crippen LogP contribution in [0.25, 0.3) is 0 Å². The van der Waals surface area contributed by atoms with Crippen molar-refractivity contribution in [2.45, 2.75) is 13.0 Å². The summed E-state index contributed by atoms with van der Waals surface area (Å²) in [5.41, 5.74) is 1.29. The van der Waals surface area contributed by atoms with Gasteiger partial charge in [-0.25, -0.2) is 8.78 Å². The average Bonchev–Trinajstić information content (AvgIpc) is 2.46. The number of hydrogen-bond acceptors (Lipinski definition) is 2. The van der Waals surface area contributed by atoms with Crippen LogP contribution in [0.3, 0.4) is 0 Å². The summed E-state index contributed by atoms with van der Waals surface area (Å²) < 4.78 is 26.5. The van der Waals surface area contributed by atoms with E-state index in [0.29, 0.717) is 5.56 Å². The molecule has 104 valence electrons. The van der Waals surface area contributed by atoms with Gasteiger partial charge in [0.25, 0.3) is 6.43 Å². The van der Waals surface area contributed by atoms with Gasteiger partial charge in [-0.15, -0.1) is 0 Å². The fourth-order valence-corrected chi connectivity index (χ4v) is 1.90. The highest BCUT2D eigenvalue weighted by Crippen LogP contribution is 2.23. The molecule has 0 aliphatic carbocycles. The first kappa shape index (κ1) is 14.7. The van der Waals surface area contributed by atoms with Crippen molar-refractivity contribution in [2.24, 2.45) is 5.16 Å². The third-order valence-electron chi connectivity index (χ3n) is 2.66. The summed E-state index contributed by atoms with van der Waals surface area (Å²) in [6.07, 6.45) is -0.970. The molecule has 0 atom stereocenters. The first-order valence-corrected chi connectivity index (χ1v) is 6.73. The summed E-state index contributed by atoms with van der Waals surface area (Å²) in [5, 5.41) is 3.78. The molecule has 2 rings (SSSR count). The SMILES string of the molecule is FC(F)c1ccccc1CON=Cc1ccc(Br)cc1. The Kier molecular flexibility index (Phi) is 5.24. The number of hydrogen-bond donors (Lipinski definition) is 0. The van der Waals surface area contributed by atoms with Crippen molar-refractivity contribution in [1.82, 2.24) is 0 Å². The second-order valence-corrected chi connectivity index (χ2v) is 4.97. The topological polar surface area (TPSA) is 21.6 Å². The van der Waals surface area contributed by atoms with Gasteiger partial charge in [0.2, 0.25) is 0 Å². The van der Waals surface area contributed by atoms with Crippen LogP contribution in [0.2, 0.25) is 0 Å². The summed E-state index contributed by atoms with van der Waals surface area (Å²) in [6, 6.07) is 13.8. The van der Waals surface area contributed by atoms with Gasteiger partial charge in [0.1, 0.15) is 6.61 Å². The van der Waals surface area contributed by atoms with E-state index in [1.54, 1.807) is 18.2 Å². The first-order valence-electron chi connectivity index (χ1n) is 5.93. The molecular formula is C15H12BrF2NO. The van der Waals surface area contributed by atoms with Crippen molar-refractivity contribution in [1.29, 1.82) is 0 Å². The van der Waals surface area contributed by atoms with E-state index in [-0.39, 0.29) is 12.2 Å². The normalized spacial score (nSPS) is 11.2. The highest BCUT2D eigenvalue weighted by molar-refractivity contribution is 9.10. The van der Waals surface area contributed by atoms with Crippen LogP contribution in [-0.2, 0) is 11.4 Å². The van der Waals surface area contributed by atoms with Crippen molar-refractivity contribution < 1.29 is 13.6 Å². The fraction of sp³-hybridized carbons (Fsp3) is 0.133. The summed E-state index contributed by atoms with van der Waals surface area (Å²) >= 11 is 3.33. The molecule has 0 spiro atoms. The van der Waals surface area contributed by atoms with Gasteiger partial charge in [0.05, 0.1) is 6.21 Å². The van der Waals surface area contributed by atoms with E-state index in [2.05, 4.69) is 21.1 Å². The second kappa shape index (κ2) is 7.14. The molecule has 0 fully saturated rings. The zero-order chi connectivity index (χ0) is 14.4. The van der Waals surface area contributed by atoms with Crippen molar-refractivity contribution in [3.8, 4) is 0 Å². The lowest BCUT2D eigenvalue weighted by Gasteiger charge is -2.06. The Morgan fingerprint density at radius 3 is 2.50 bits per heavy atom. The van der Waals surface area contributed by atoms with Gasteiger partial charge in [0.15, 0.2) is 0 Å². The second-order valence-electron chi connectivity index (χ2n) is 4.06. The van der Waals surface area contributed by atoms with E-state index >= 15 is 0 Å². The van der Waals surface area contributed by atoms with E-state index in [1.165, 1.54) is 12.3 Å². The molecule has 2 aromatic carbocycles. The van der Waals surface area contributed by atoms with Gasteiger partial charge < -0.3 is 4.84 Å². The minimum atomic E-state index is -2.51. The summed E-state index contributed by atoms with van der Waals surface area (Å²) in [7, 11) is 0. The summed E-state index contributed by atoms with van der Waals surface area (Å²) in [5.74, 6) is 0. The summed E-state index contributed by atoms with van der Waals surface area (Å²) in [6.45, 7) is 0.0214. The molecule has 0 amide bonds. The average molecular weight is 340 g/mol. The molecule has 2 nitrogen and oxygen atoms in total. The molecule has 5 heteroatoms. The third kappa shape index (κ3) is 4.13. The van der Waals surface area contributed by atoms with Gasteiger partial charge >= 0.3 is 0 Å². The number of nitrogens with zero attached hydrogens (tertiary/aromatic N) is 1. The highest BCUT2D eigenvalue weighted by atomic mass is 79.9. The lowest BCUT2D eigenvalue weighted by Crippen LogP contribution is -1.95. The van der Waals surface area contributed by atoms with Crippen molar-refractivity contribution in [3.63, 3.8) is 0 Å². The Hall–Kier alpha value is -1.75. The molecular weight excluding hydrogens is 328 g/mol. The molecule has 0 heterocycles. The van der Waals surface area contributed by atoms with Crippen LogP contribution in [0.5, 0.6) is 0 Å². The van der Waals surface area contributed by atoms with Crippen molar-refractivity contribution >= 4 is 22.1 Å². The lowest BCUT2D eigenvalue weighted by atomic mass is 10.1. The third-order valence-corrected chi connectivity index (χ3v) is 3.19. The van der Waals surface area contributed by atoms with Crippen molar-refractivity contribution in [3.05, 3.63) is 69.7 Å². The molecule has 0 bridgehead atoms. The van der Waals surface area contributed by atoms with Crippen LogP contribution in [0.1, 0.15) is 23.1 Å². The quantitative estimate of drug-likeness (QED) is 0.558. The lowest BCUT2D eigenvalue weighted by molar-refractivity contribution is 0.120. The Morgan fingerprint density at radius 1 is 1.10 bits per heavy atom. The number of alkyl halides is 2. The van der Waals surface area contributed by atoms with Crippen molar-refractivity contribution in [2.75, 3.05) is 0 Å². The number of rotatable bonds is 5. The van der Waals surface area contributed by atoms with E-state index in [1.807, 2.05) is 24.3 Å². The molecule has 0 saturated heterocycles. The Balaban J connectivity index is 1.94. The molecule has 0 N–H and O–H groups in total. The molecule has 0 aromatic heterocycles. The molecule has 0 aliphatic rings. The minimum Gasteiger partial charge on any atom is -0.391 e. The maximum atomic E-state index is 12.7. The van der Waals surface area contributed by atoms with Crippen LogP contribution in [0.15, 0.2) is 58.2 Å². The number of benzene rings is 2. The monoisotopic (exact) mass is 339 g/mol. The Labute approximate surface area is 124 Å². The van der Waals surface area contributed by atoms with Gasteiger partial charge in [-0.1, -0.05) is 57.5 Å². The molecule has 0 saturated carbocycles. The van der Waals surface area contributed by atoms with Crippen LogP contribution in [0, 0.1) is 0 Å². The number of halogens is 3. The Bertz CT molecular complexity index is 585. The van der Waals surface area contributed by atoms with Gasteiger partial charge in [-0.2, -0.15) is 0 Å². The van der Waals surface area contributed by atoms with Crippen LogP contribution in [-0.4, -0.2) is 6.21 Å². The summed E-state index contributed by atoms with van der Waals surface area (Å²) in [4.78, 5) is 5.07. The Morgan fingerprint density at radius 2 is 1.80 bits per heavy atom. The fourth-order valence-electron chi connectivity index (χ4n) is 1.63. The van der Waals surface area contributed by atoms with Gasteiger partial charge in [-0.05, 0) is 17.7 Å². The van der Waals surface area contributed by atoms with E-state index in [4.69, 9.17) is 4.84 Å². The van der Waals surface area contributed by atoms with Gasteiger partial charge in [-0.3, -0.25) is 0 Å². The largest absolute Gasteiger partial charge is 0.391 e. The zero-order valence-corrected chi connectivity index (χ0v) is 12.1. The highest BCUT2D eigenvalue weighted by Gasteiger charge is 2.11. The maximum Gasteiger partial charge on any atom is 0.264 e. The van der Waals surface area contributed by atoms with Crippen LogP contribution in [0.4, 0.5) is 8.78 Å². The van der Waals surface area contributed by atoms with Gasteiger partial charge in [0, 0.05) is 15.6 Å².